The first-order valence-corrected chi connectivity index (χ1v) is 13.3. The summed E-state index contributed by atoms with van der Waals surface area (Å²) in [5, 5.41) is 3.29. The summed E-state index contributed by atoms with van der Waals surface area (Å²) in [6, 6.07) is 5.90. The van der Waals surface area contributed by atoms with E-state index < -0.39 is 21.9 Å². The number of ether oxygens (including phenoxy) is 1. The van der Waals surface area contributed by atoms with Gasteiger partial charge >= 0.3 is 5.97 Å². The van der Waals surface area contributed by atoms with Crippen molar-refractivity contribution >= 4 is 38.2 Å². The molecule has 2 aromatic rings. The number of amides is 1. The van der Waals surface area contributed by atoms with Gasteiger partial charge in [0.15, 0.2) is 0 Å². The lowest BCUT2D eigenvalue weighted by atomic mass is 10.0. The van der Waals surface area contributed by atoms with Gasteiger partial charge < -0.3 is 15.0 Å². The highest BCUT2D eigenvalue weighted by Crippen LogP contribution is 2.37. The van der Waals surface area contributed by atoms with Gasteiger partial charge in [0.05, 0.1) is 17.6 Å². The molecule has 0 aliphatic carbocycles. The third kappa shape index (κ3) is 5.46. The molecule has 0 spiro atoms. The fourth-order valence-corrected chi connectivity index (χ4v) is 6.62. The van der Waals surface area contributed by atoms with Crippen LogP contribution in [0.3, 0.4) is 0 Å². The Kier molecular flexibility index (Phi) is 8.28. The van der Waals surface area contributed by atoms with E-state index in [2.05, 4.69) is 10.2 Å². The largest absolute Gasteiger partial charge is 0.465 e. The van der Waals surface area contributed by atoms with E-state index in [1.807, 2.05) is 20.9 Å². The number of nitrogens with one attached hydrogen (secondary N) is 1. The Morgan fingerprint density at radius 2 is 1.91 bits per heavy atom. The van der Waals surface area contributed by atoms with Crippen molar-refractivity contribution in [1.29, 1.82) is 0 Å². The van der Waals surface area contributed by atoms with Gasteiger partial charge in [-0.3, -0.25) is 4.79 Å². The summed E-state index contributed by atoms with van der Waals surface area (Å²) in [6.07, 6.45) is 2.40. The van der Waals surface area contributed by atoms with Gasteiger partial charge in [-0.05, 0) is 49.7 Å². The van der Waals surface area contributed by atoms with E-state index in [1.54, 1.807) is 0 Å². The number of benzene rings is 1. The van der Waals surface area contributed by atoms with Gasteiger partial charge in [-0.1, -0.05) is 20.3 Å². The maximum Gasteiger partial charge on any atom is 0.341 e. The fraction of sp³-hybridized carbons (Fsp3) is 0.478. The zero-order chi connectivity index (χ0) is 24.2. The number of anilines is 1. The first kappa shape index (κ1) is 25.4. The van der Waals surface area contributed by atoms with E-state index >= 15 is 0 Å². The minimum Gasteiger partial charge on any atom is -0.465 e. The Balaban J connectivity index is 1.82. The molecule has 1 aliphatic heterocycles. The fourth-order valence-electron chi connectivity index (χ4n) is 3.82. The number of hydrogen-bond donors (Lipinski definition) is 1. The summed E-state index contributed by atoms with van der Waals surface area (Å²) >= 11 is 1.38. The molecule has 1 N–H and O–H groups in total. The van der Waals surface area contributed by atoms with Crippen LogP contribution in [0.2, 0.25) is 0 Å². The molecule has 0 fully saturated rings. The molecular weight excluding hydrogens is 462 g/mol. The average molecular weight is 494 g/mol. The van der Waals surface area contributed by atoms with Crippen LogP contribution in [0.15, 0.2) is 29.2 Å². The number of carbonyl (C=O) groups excluding carboxylic acids is 2. The molecule has 0 bridgehead atoms. The molecule has 10 heteroatoms. The highest BCUT2D eigenvalue weighted by atomic mass is 32.2. The molecule has 33 heavy (non-hydrogen) atoms. The van der Waals surface area contributed by atoms with Crippen molar-refractivity contribution in [2.24, 2.45) is 0 Å². The van der Waals surface area contributed by atoms with Gasteiger partial charge in [0.2, 0.25) is 10.0 Å². The molecule has 1 aromatic carbocycles. The van der Waals surface area contributed by atoms with Crippen molar-refractivity contribution in [3.8, 4) is 0 Å². The maximum atomic E-state index is 12.9. The van der Waals surface area contributed by atoms with Gasteiger partial charge in [0.1, 0.15) is 5.00 Å². The van der Waals surface area contributed by atoms with Gasteiger partial charge in [0, 0.05) is 36.6 Å². The molecule has 0 atom stereocenters. The topological polar surface area (TPSA) is 96.0 Å². The van der Waals surface area contributed by atoms with E-state index in [9.17, 15) is 18.0 Å². The van der Waals surface area contributed by atoms with Crippen molar-refractivity contribution in [3.63, 3.8) is 0 Å². The van der Waals surface area contributed by atoms with E-state index in [0.717, 1.165) is 29.8 Å². The quantitative estimate of drug-likeness (QED) is 0.537. The van der Waals surface area contributed by atoms with Gasteiger partial charge in [-0.15, -0.1) is 11.3 Å². The summed E-state index contributed by atoms with van der Waals surface area (Å²) in [5.41, 5.74) is 1.64. The summed E-state index contributed by atoms with van der Waals surface area (Å²) in [4.78, 5) is 28.7. The smallest absolute Gasteiger partial charge is 0.341 e. The van der Waals surface area contributed by atoms with Crippen molar-refractivity contribution < 1.29 is 22.7 Å². The Labute approximate surface area is 199 Å². The number of unbranched alkanes of at least 4 members (excludes halogenated alkanes) is 1. The molecular formula is C23H31N3O5S2. The molecule has 3 rings (SSSR count). The molecule has 0 saturated heterocycles. The normalized spacial score (nSPS) is 14.2. The number of likely N-dealkylation sites (N-methyl/N-ethyl adjacent to an activating group) is 1. The van der Waals surface area contributed by atoms with Crippen LogP contribution in [0.25, 0.3) is 0 Å². The second-order valence-corrected chi connectivity index (χ2v) is 11.1. The lowest BCUT2D eigenvalue weighted by Crippen LogP contribution is -2.31. The third-order valence-corrected chi connectivity index (χ3v) is 8.85. The minimum absolute atomic E-state index is 0.155. The highest BCUT2D eigenvalue weighted by molar-refractivity contribution is 7.89. The predicted octanol–water partition coefficient (Wildman–Crippen LogP) is 3.59. The zero-order valence-corrected chi connectivity index (χ0v) is 21.1. The molecule has 1 aromatic heterocycles. The standard InChI is InChI=1S/C23H31N3O5S2/c1-5-7-13-26(6-2)33(29,30)17-10-8-16(9-11-17)21(27)24-22-20(23(28)31-4)18-12-14-25(3)15-19(18)32-22/h8-11H,5-7,12-15H2,1-4H3,(H,24,27). The Bertz CT molecular complexity index is 1110. The Hall–Kier alpha value is -2.27. The average Bonchev–Trinajstić information content (AvgIpc) is 3.15. The molecule has 8 nitrogen and oxygen atoms in total. The number of nitrogens with zero attached hydrogens (tertiary/aromatic N) is 2. The van der Waals surface area contributed by atoms with Gasteiger partial charge in [0.25, 0.3) is 5.91 Å². The van der Waals surface area contributed by atoms with Gasteiger partial charge in [-0.2, -0.15) is 4.31 Å². The number of rotatable bonds is 9. The molecule has 0 radical (unpaired) electrons. The zero-order valence-electron chi connectivity index (χ0n) is 19.5. The van der Waals surface area contributed by atoms with E-state index in [0.29, 0.717) is 42.2 Å². The monoisotopic (exact) mass is 493 g/mol. The molecule has 2 heterocycles. The molecule has 0 saturated carbocycles. The number of fused-ring (bicyclic) bond motifs is 1. The number of esters is 1. The minimum atomic E-state index is -3.62. The lowest BCUT2D eigenvalue weighted by molar-refractivity contribution is 0.0600. The summed E-state index contributed by atoms with van der Waals surface area (Å²) in [6.45, 7) is 6.21. The first-order valence-electron chi connectivity index (χ1n) is 11.1. The number of hydrogen-bond acceptors (Lipinski definition) is 7. The van der Waals surface area contributed by atoms with Crippen molar-refractivity contribution in [2.45, 2.75) is 44.6 Å². The summed E-state index contributed by atoms with van der Waals surface area (Å²) in [5.74, 6) is -0.880. The second-order valence-electron chi connectivity index (χ2n) is 8.02. The van der Waals surface area contributed by atoms with Gasteiger partial charge in [-0.25, -0.2) is 13.2 Å². The highest BCUT2D eigenvalue weighted by Gasteiger charge is 2.29. The Morgan fingerprint density at radius 1 is 1.21 bits per heavy atom. The maximum absolute atomic E-state index is 12.9. The SMILES string of the molecule is CCCCN(CC)S(=O)(=O)c1ccc(C(=O)Nc2sc3c(c2C(=O)OC)CCN(C)C3)cc1. The van der Waals surface area contributed by atoms with Crippen LogP contribution in [0.1, 0.15) is 57.8 Å². The van der Waals surface area contributed by atoms with Crippen molar-refractivity contribution in [3.05, 3.63) is 45.8 Å². The number of carbonyl (C=O) groups is 2. The molecule has 180 valence electrons. The van der Waals surface area contributed by atoms with Crippen LogP contribution in [-0.2, 0) is 27.7 Å². The molecule has 0 unspecified atom stereocenters. The lowest BCUT2D eigenvalue weighted by Gasteiger charge is -2.22. The third-order valence-electron chi connectivity index (χ3n) is 5.73. The van der Waals surface area contributed by atoms with Crippen LogP contribution < -0.4 is 5.32 Å². The number of thiophene rings is 1. The van der Waals surface area contributed by atoms with E-state index in [1.165, 1.54) is 47.0 Å². The summed E-state index contributed by atoms with van der Waals surface area (Å²) < 4.78 is 32.2. The number of sulfonamides is 1. The van der Waals surface area contributed by atoms with Crippen LogP contribution in [0.4, 0.5) is 5.00 Å². The predicted molar refractivity (Wildman–Crippen MR) is 129 cm³/mol. The van der Waals surface area contributed by atoms with E-state index in [4.69, 9.17) is 4.74 Å². The van der Waals surface area contributed by atoms with Crippen LogP contribution in [-0.4, -0.2) is 63.3 Å². The van der Waals surface area contributed by atoms with Crippen molar-refractivity contribution in [1.82, 2.24) is 9.21 Å². The molecule has 1 amide bonds. The van der Waals surface area contributed by atoms with Crippen LogP contribution in [0, 0.1) is 0 Å². The van der Waals surface area contributed by atoms with Crippen LogP contribution in [0.5, 0.6) is 0 Å². The summed E-state index contributed by atoms with van der Waals surface area (Å²) in [7, 11) is -0.280. The second kappa shape index (κ2) is 10.8. The Morgan fingerprint density at radius 3 is 2.52 bits per heavy atom. The van der Waals surface area contributed by atoms with Crippen molar-refractivity contribution in [2.75, 3.05) is 39.1 Å². The number of methoxy groups -OCH3 is 1. The van der Waals surface area contributed by atoms with E-state index in [-0.39, 0.29) is 4.90 Å². The van der Waals surface area contributed by atoms with Crippen LogP contribution >= 0.6 is 11.3 Å². The first-order chi connectivity index (χ1) is 15.7. The molecule has 1 aliphatic rings.